The zero-order chi connectivity index (χ0) is 12.5. The van der Waals surface area contributed by atoms with Gasteiger partial charge >= 0.3 is 0 Å². The summed E-state index contributed by atoms with van der Waals surface area (Å²) in [6, 6.07) is 8.86. The molecule has 1 aromatic carbocycles. The molecule has 0 fully saturated rings. The van der Waals surface area contributed by atoms with E-state index in [4.69, 9.17) is 0 Å². The molecule has 18 heavy (non-hydrogen) atoms. The van der Waals surface area contributed by atoms with Gasteiger partial charge in [0.1, 0.15) is 0 Å². The molecule has 0 bridgehead atoms. The van der Waals surface area contributed by atoms with Gasteiger partial charge in [0.15, 0.2) is 0 Å². The Labute approximate surface area is 108 Å². The maximum Gasteiger partial charge on any atom is 0.0447 e. The summed E-state index contributed by atoms with van der Waals surface area (Å²) in [5.41, 5.74) is 6.55. The summed E-state index contributed by atoms with van der Waals surface area (Å²) < 4.78 is 0. The van der Waals surface area contributed by atoms with Crippen LogP contribution in [0.2, 0.25) is 0 Å². The van der Waals surface area contributed by atoms with Crippen LogP contribution in [0.4, 0.5) is 11.4 Å². The Hall–Kier alpha value is -1.83. The van der Waals surface area contributed by atoms with E-state index in [1.54, 1.807) is 0 Å². The van der Waals surface area contributed by atoms with Crippen molar-refractivity contribution in [2.24, 2.45) is 0 Å². The highest BCUT2D eigenvalue weighted by atomic mass is 14.9. The lowest BCUT2D eigenvalue weighted by Gasteiger charge is -2.13. The number of aryl methyl sites for hydroxylation is 2. The van der Waals surface area contributed by atoms with Crippen LogP contribution in [0.25, 0.3) is 0 Å². The molecule has 2 aromatic rings. The van der Waals surface area contributed by atoms with Crippen molar-refractivity contribution in [2.45, 2.75) is 32.6 Å². The number of hydrogen-bond donors (Lipinski definition) is 1. The van der Waals surface area contributed by atoms with Crippen LogP contribution in [0.3, 0.4) is 0 Å². The van der Waals surface area contributed by atoms with Gasteiger partial charge in [-0.15, -0.1) is 0 Å². The van der Waals surface area contributed by atoms with Crippen LogP contribution in [0.15, 0.2) is 36.7 Å². The Bertz CT molecular complexity index is 573. The van der Waals surface area contributed by atoms with Gasteiger partial charge in [0, 0.05) is 23.8 Å². The third kappa shape index (κ3) is 1.99. The first kappa shape index (κ1) is 11.3. The molecule has 0 amide bonds. The smallest absolute Gasteiger partial charge is 0.0447 e. The van der Waals surface area contributed by atoms with Crippen molar-refractivity contribution in [3.63, 3.8) is 0 Å². The largest absolute Gasteiger partial charge is 0.355 e. The number of hydrogen-bond acceptors (Lipinski definition) is 2. The van der Waals surface area contributed by atoms with Crippen molar-refractivity contribution >= 4 is 11.4 Å². The van der Waals surface area contributed by atoms with Gasteiger partial charge < -0.3 is 5.32 Å². The summed E-state index contributed by atoms with van der Waals surface area (Å²) >= 11 is 0. The van der Waals surface area contributed by atoms with Crippen LogP contribution in [0.1, 0.15) is 36.5 Å². The Morgan fingerprint density at radius 2 is 1.89 bits per heavy atom. The van der Waals surface area contributed by atoms with E-state index in [-0.39, 0.29) is 0 Å². The highest BCUT2D eigenvalue weighted by Gasteiger charge is 2.13. The summed E-state index contributed by atoms with van der Waals surface area (Å²) in [5, 5.41) is 3.56. The second-order valence-corrected chi connectivity index (χ2v) is 5.23. The Morgan fingerprint density at radius 3 is 2.72 bits per heavy atom. The molecule has 92 valence electrons. The number of nitrogens with zero attached hydrogens (tertiary/aromatic N) is 1. The maximum atomic E-state index is 4.21. The molecule has 1 N–H and O–H groups in total. The van der Waals surface area contributed by atoms with Gasteiger partial charge in [-0.25, -0.2) is 0 Å². The van der Waals surface area contributed by atoms with Crippen LogP contribution in [0, 0.1) is 0 Å². The fourth-order valence-corrected chi connectivity index (χ4v) is 2.45. The molecule has 2 heteroatoms. The molecule has 0 spiro atoms. The molecular formula is C16H18N2. The van der Waals surface area contributed by atoms with Crippen molar-refractivity contribution < 1.29 is 0 Å². The van der Waals surface area contributed by atoms with Crippen LogP contribution in [0.5, 0.6) is 0 Å². The molecule has 0 saturated carbocycles. The number of aromatic nitrogens is 1. The zero-order valence-electron chi connectivity index (χ0n) is 10.9. The van der Waals surface area contributed by atoms with Crippen molar-refractivity contribution in [3.05, 3.63) is 53.3 Å². The monoisotopic (exact) mass is 238 g/mol. The first-order chi connectivity index (χ1) is 8.74. The van der Waals surface area contributed by atoms with Gasteiger partial charge in [0.05, 0.1) is 0 Å². The molecule has 3 rings (SSSR count). The van der Waals surface area contributed by atoms with Crippen molar-refractivity contribution in [2.75, 3.05) is 5.32 Å². The first-order valence-corrected chi connectivity index (χ1v) is 6.57. The highest BCUT2D eigenvalue weighted by Crippen LogP contribution is 2.31. The van der Waals surface area contributed by atoms with Gasteiger partial charge in [-0.2, -0.15) is 0 Å². The normalized spacial score (nSPS) is 13.5. The summed E-state index contributed by atoms with van der Waals surface area (Å²) in [6.07, 6.45) is 5.96. The quantitative estimate of drug-likeness (QED) is 0.810. The second-order valence-electron chi connectivity index (χ2n) is 5.23. The SMILES string of the molecule is CC(C)c1ccc2c(c1)Nc1ccncc1CC2. The van der Waals surface area contributed by atoms with E-state index in [0.717, 1.165) is 12.8 Å². The lowest BCUT2D eigenvalue weighted by molar-refractivity contribution is 0.864. The summed E-state index contributed by atoms with van der Waals surface area (Å²) in [7, 11) is 0. The highest BCUT2D eigenvalue weighted by molar-refractivity contribution is 5.68. The predicted molar refractivity (Wildman–Crippen MR) is 75.5 cm³/mol. The fraction of sp³-hybridized carbons (Fsp3) is 0.312. The fourth-order valence-electron chi connectivity index (χ4n) is 2.45. The van der Waals surface area contributed by atoms with Gasteiger partial charge in [-0.05, 0) is 47.6 Å². The molecule has 1 aliphatic heterocycles. The molecule has 0 radical (unpaired) electrons. The van der Waals surface area contributed by atoms with Crippen LogP contribution in [-0.2, 0) is 12.8 Å². The van der Waals surface area contributed by atoms with E-state index in [9.17, 15) is 0 Å². The number of pyridine rings is 1. The summed E-state index contributed by atoms with van der Waals surface area (Å²) in [5.74, 6) is 0.567. The average molecular weight is 238 g/mol. The average Bonchev–Trinajstić information content (AvgIpc) is 2.56. The van der Waals surface area contributed by atoms with E-state index in [2.05, 4.69) is 48.4 Å². The summed E-state index contributed by atoms with van der Waals surface area (Å²) in [6.45, 7) is 4.46. The topological polar surface area (TPSA) is 24.9 Å². The Balaban J connectivity index is 2.04. The standard InChI is InChI=1S/C16H18N2/c1-11(2)13-5-3-12-4-6-14-10-17-8-7-15(14)18-16(12)9-13/h3,5,7-11,18H,4,6H2,1-2H3. The molecule has 1 aliphatic rings. The molecule has 0 atom stereocenters. The Kier molecular flexibility index (Phi) is 2.78. The number of fused-ring (bicyclic) bond motifs is 2. The maximum absolute atomic E-state index is 4.21. The second kappa shape index (κ2) is 4.45. The number of anilines is 2. The van der Waals surface area contributed by atoms with Gasteiger partial charge in [0.25, 0.3) is 0 Å². The molecule has 0 aliphatic carbocycles. The van der Waals surface area contributed by atoms with E-state index < -0.39 is 0 Å². The molecular weight excluding hydrogens is 220 g/mol. The van der Waals surface area contributed by atoms with Crippen molar-refractivity contribution in [3.8, 4) is 0 Å². The number of nitrogens with one attached hydrogen (secondary N) is 1. The lowest BCUT2D eigenvalue weighted by Crippen LogP contribution is -1.96. The Morgan fingerprint density at radius 1 is 1.06 bits per heavy atom. The molecule has 1 aromatic heterocycles. The van der Waals surface area contributed by atoms with E-state index in [1.165, 1.54) is 28.1 Å². The van der Waals surface area contributed by atoms with E-state index >= 15 is 0 Å². The number of rotatable bonds is 1. The molecule has 0 unspecified atom stereocenters. The molecule has 2 heterocycles. The van der Waals surface area contributed by atoms with Gasteiger partial charge in [-0.1, -0.05) is 26.0 Å². The first-order valence-electron chi connectivity index (χ1n) is 6.57. The minimum atomic E-state index is 0.567. The minimum Gasteiger partial charge on any atom is -0.355 e. The molecule has 0 saturated heterocycles. The van der Waals surface area contributed by atoms with Crippen LogP contribution < -0.4 is 5.32 Å². The summed E-state index contributed by atoms with van der Waals surface area (Å²) in [4.78, 5) is 4.21. The van der Waals surface area contributed by atoms with Crippen molar-refractivity contribution in [1.82, 2.24) is 4.98 Å². The van der Waals surface area contributed by atoms with Gasteiger partial charge in [0.2, 0.25) is 0 Å². The lowest BCUT2D eigenvalue weighted by atomic mass is 9.98. The van der Waals surface area contributed by atoms with E-state index in [1.807, 2.05) is 12.4 Å². The van der Waals surface area contributed by atoms with Crippen molar-refractivity contribution in [1.29, 1.82) is 0 Å². The zero-order valence-corrected chi connectivity index (χ0v) is 10.9. The molecule has 2 nitrogen and oxygen atoms in total. The van der Waals surface area contributed by atoms with Gasteiger partial charge in [-0.3, -0.25) is 4.98 Å². The third-order valence-electron chi connectivity index (χ3n) is 3.64. The minimum absolute atomic E-state index is 0.567. The van der Waals surface area contributed by atoms with Crippen LogP contribution >= 0.6 is 0 Å². The van der Waals surface area contributed by atoms with Crippen LogP contribution in [-0.4, -0.2) is 4.98 Å². The van der Waals surface area contributed by atoms with E-state index in [0.29, 0.717) is 5.92 Å². The number of benzene rings is 1. The third-order valence-corrected chi connectivity index (χ3v) is 3.64. The predicted octanol–water partition coefficient (Wildman–Crippen LogP) is 4.05.